The summed E-state index contributed by atoms with van der Waals surface area (Å²) >= 11 is 6.08. The second-order valence-corrected chi connectivity index (χ2v) is 8.75. The predicted octanol–water partition coefficient (Wildman–Crippen LogP) is 6.88. The van der Waals surface area contributed by atoms with Gasteiger partial charge in [0, 0.05) is 22.1 Å². The van der Waals surface area contributed by atoms with E-state index in [9.17, 15) is 0 Å². The Morgan fingerprint density at radius 1 is 0.794 bits per heavy atom. The average molecular weight is 461 g/mol. The van der Waals surface area contributed by atoms with Crippen molar-refractivity contribution in [2.75, 3.05) is 0 Å². The van der Waals surface area contributed by atoms with Crippen LogP contribution >= 0.6 is 11.6 Å². The first-order chi connectivity index (χ1) is 16.8. The molecule has 0 fully saturated rings. The number of aromatic nitrogens is 4. The number of ether oxygens (including phenoxy) is 1. The summed E-state index contributed by atoms with van der Waals surface area (Å²) in [6.07, 6.45) is 1.66. The SMILES string of the molecule is Clc1ccc(-c2nc3c4c(ncn3n2)Oc2ccc3ccccc3c2[C@H]4c2ccccc2)cc1. The number of benzene rings is 4. The Labute approximate surface area is 200 Å². The Kier molecular flexibility index (Phi) is 4.19. The Hall–Kier alpha value is -4.22. The highest BCUT2D eigenvalue weighted by Crippen LogP contribution is 2.50. The molecule has 0 aliphatic carbocycles. The van der Waals surface area contributed by atoms with Gasteiger partial charge in [-0.25, -0.2) is 14.5 Å². The molecule has 6 heteroatoms. The maximum Gasteiger partial charge on any atom is 0.228 e. The summed E-state index contributed by atoms with van der Waals surface area (Å²) in [7, 11) is 0. The largest absolute Gasteiger partial charge is 0.438 e. The lowest BCUT2D eigenvalue weighted by atomic mass is 9.81. The van der Waals surface area contributed by atoms with Gasteiger partial charge >= 0.3 is 0 Å². The standard InChI is InChI=1S/C28H17ClN4O/c29-20-13-10-19(11-14-20)26-31-27-25-23(18-7-2-1-3-8-18)24-21-9-5-4-6-17(21)12-15-22(24)34-28(25)30-16-33(27)32-26/h1-16,23H/t23-/m1/s1. The summed E-state index contributed by atoms with van der Waals surface area (Å²) in [6.45, 7) is 0. The summed E-state index contributed by atoms with van der Waals surface area (Å²) in [4.78, 5) is 9.58. The van der Waals surface area contributed by atoms with Gasteiger partial charge in [0.05, 0.1) is 5.56 Å². The van der Waals surface area contributed by atoms with Gasteiger partial charge < -0.3 is 4.74 Å². The first-order valence-electron chi connectivity index (χ1n) is 11.0. The fourth-order valence-electron chi connectivity index (χ4n) is 4.80. The minimum absolute atomic E-state index is 0.107. The molecule has 0 N–H and O–H groups in total. The highest BCUT2D eigenvalue weighted by molar-refractivity contribution is 6.30. The number of rotatable bonds is 2. The van der Waals surface area contributed by atoms with E-state index in [2.05, 4.69) is 59.6 Å². The van der Waals surface area contributed by atoms with Gasteiger partial charge in [0.15, 0.2) is 11.5 Å². The smallest absolute Gasteiger partial charge is 0.228 e. The minimum Gasteiger partial charge on any atom is -0.438 e. The highest BCUT2D eigenvalue weighted by atomic mass is 35.5. The Morgan fingerprint density at radius 3 is 2.44 bits per heavy atom. The van der Waals surface area contributed by atoms with Crippen LogP contribution in [0.4, 0.5) is 0 Å². The molecule has 7 rings (SSSR count). The number of fused-ring (bicyclic) bond motifs is 6. The number of hydrogen-bond donors (Lipinski definition) is 0. The maximum absolute atomic E-state index is 6.37. The molecule has 6 aromatic rings. The van der Waals surface area contributed by atoms with E-state index in [-0.39, 0.29) is 5.92 Å². The first kappa shape index (κ1) is 19.3. The number of nitrogens with zero attached hydrogens (tertiary/aromatic N) is 4. The van der Waals surface area contributed by atoms with Gasteiger partial charge in [0.1, 0.15) is 12.1 Å². The lowest BCUT2D eigenvalue weighted by Crippen LogP contribution is -2.15. The highest BCUT2D eigenvalue weighted by Gasteiger charge is 2.34. The van der Waals surface area contributed by atoms with Crippen LogP contribution in [0.5, 0.6) is 11.6 Å². The second-order valence-electron chi connectivity index (χ2n) is 8.32. The molecule has 0 saturated carbocycles. The molecule has 1 aliphatic rings. The van der Waals surface area contributed by atoms with Gasteiger partial charge in [-0.15, -0.1) is 5.10 Å². The van der Waals surface area contributed by atoms with Crippen molar-refractivity contribution >= 4 is 28.0 Å². The minimum atomic E-state index is -0.107. The molecule has 0 saturated heterocycles. The van der Waals surface area contributed by atoms with E-state index in [4.69, 9.17) is 26.4 Å². The quantitative estimate of drug-likeness (QED) is 0.282. The molecule has 3 heterocycles. The van der Waals surface area contributed by atoms with Crippen LogP contribution in [-0.4, -0.2) is 19.6 Å². The zero-order valence-corrected chi connectivity index (χ0v) is 18.6. The predicted molar refractivity (Wildman–Crippen MR) is 133 cm³/mol. The Balaban J connectivity index is 1.53. The average Bonchev–Trinajstić information content (AvgIpc) is 3.33. The van der Waals surface area contributed by atoms with Crippen LogP contribution in [-0.2, 0) is 0 Å². The Morgan fingerprint density at radius 2 is 1.59 bits per heavy atom. The summed E-state index contributed by atoms with van der Waals surface area (Å²) in [5.74, 6) is 1.88. The third-order valence-electron chi connectivity index (χ3n) is 6.34. The normalized spacial score (nSPS) is 14.6. The van der Waals surface area contributed by atoms with E-state index in [1.807, 2.05) is 36.4 Å². The molecular weight excluding hydrogens is 444 g/mol. The molecule has 0 spiro atoms. The van der Waals surface area contributed by atoms with E-state index in [0.717, 1.165) is 44.4 Å². The van der Waals surface area contributed by atoms with Crippen molar-refractivity contribution in [1.29, 1.82) is 0 Å². The van der Waals surface area contributed by atoms with E-state index in [1.54, 1.807) is 10.8 Å². The number of halogens is 1. The van der Waals surface area contributed by atoms with Crippen molar-refractivity contribution < 1.29 is 4.74 Å². The first-order valence-corrected chi connectivity index (χ1v) is 11.4. The van der Waals surface area contributed by atoms with Gasteiger partial charge in [-0.05, 0) is 46.7 Å². The van der Waals surface area contributed by atoms with E-state index < -0.39 is 0 Å². The molecule has 1 atom stereocenters. The van der Waals surface area contributed by atoms with Crippen molar-refractivity contribution in [1.82, 2.24) is 19.6 Å². The zero-order valence-electron chi connectivity index (χ0n) is 17.9. The van der Waals surface area contributed by atoms with Crippen LogP contribution < -0.4 is 4.74 Å². The van der Waals surface area contributed by atoms with Gasteiger partial charge in [0.25, 0.3) is 0 Å². The topological polar surface area (TPSA) is 52.3 Å². The summed E-state index contributed by atoms with van der Waals surface area (Å²) in [5.41, 5.74) is 4.78. The maximum atomic E-state index is 6.37. The molecule has 34 heavy (non-hydrogen) atoms. The molecule has 4 aromatic carbocycles. The van der Waals surface area contributed by atoms with Crippen LogP contribution in [0.3, 0.4) is 0 Å². The van der Waals surface area contributed by atoms with Crippen molar-refractivity contribution in [3.05, 3.63) is 119 Å². The monoisotopic (exact) mass is 460 g/mol. The molecular formula is C28H17ClN4O. The molecule has 0 unspecified atom stereocenters. The Bertz CT molecular complexity index is 1690. The van der Waals surface area contributed by atoms with Crippen LogP contribution in [0.25, 0.3) is 27.8 Å². The summed E-state index contributed by atoms with van der Waals surface area (Å²) < 4.78 is 8.10. The zero-order chi connectivity index (χ0) is 22.6. The van der Waals surface area contributed by atoms with Crippen LogP contribution in [0, 0.1) is 0 Å². The van der Waals surface area contributed by atoms with Gasteiger partial charge in [-0.1, -0.05) is 72.3 Å². The fraction of sp³-hybridized carbons (Fsp3) is 0.0357. The van der Waals surface area contributed by atoms with Gasteiger partial charge in [0.2, 0.25) is 5.88 Å². The van der Waals surface area contributed by atoms with Crippen molar-refractivity contribution in [3.63, 3.8) is 0 Å². The third-order valence-corrected chi connectivity index (χ3v) is 6.59. The van der Waals surface area contributed by atoms with Crippen LogP contribution in [0.2, 0.25) is 5.02 Å². The van der Waals surface area contributed by atoms with Gasteiger partial charge in [-0.3, -0.25) is 0 Å². The molecule has 1 aliphatic heterocycles. The van der Waals surface area contributed by atoms with E-state index >= 15 is 0 Å². The molecule has 2 aromatic heterocycles. The number of hydrogen-bond acceptors (Lipinski definition) is 4. The van der Waals surface area contributed by atoms with Crippen LogP contribution in [0.15, 0.2) is 97.3 Å². The summed E-state index contributed by atoms with van der Waals surface area (Å²) in [6, 6.07) is 30.5. The van der Waals surface area contributed by atoms with E-state index in [1.165, 1.54) is 0 Å². The fourth-order valence-corrected chi connectivity index (χ4v) is 4.93. The van der Waals surface area contributed by atoms with Gasteiger partial charge in [-0.2, -0.15) is 0 Å². The third kappa shape index (κ3) is 2.91. The second kappa shape index (κ2) is 7.40. The summed E-state index contributed by atoms with van der Waals surface area (Å²) in [5, 5.41) is 7.70. The van der Waals surface area contributed by atoms with Crippen molar-refractivity contribution in [3.8, 4) is 23.0 Å². The van der Waals surface area contributed by atoms with Crippen LogP contribution in [0.1, 0.15) is 22.6 Å². The van der Waals surface area contributed by atoms with E-state index in [0.29, 0.717) is 16.7 Å². The molecule has 5 nitrogen and oxygen atoms in total. The lowest BCUT2D eigenvalue weighted by molar-refractivity contribution is 0.433. The van der Waals surface area contributed by atoms with Crippen molar-refractivity contribution in [2.24, 2.45) is 0 Å². The molecule has 0 bridgehead atoms. The van der Waals surface area contributed by atoms with Crippen molar-refractivity contribution in [2.45, 2.75) is 5.92 Å². The lowest BCUT2D eigenvalue weighted by Gasteiger charge is -2.29. The molecule has 0 radical (unpaired) electrons. The molecule has 0 amide bonds. The molecule has 162 valence electrons.